The van der Waals surface area contributed by atoms with Gasteiger partial charge in [0, 0.05) is 16.8 Å². The third-order valence-corrected chi connectivity index (χ3v) is 4.33. The number of rotatable bonds is 7. The lowest BCUT2D eigenvalue weighted by atomic mass is 9.66. The Kier molecular flexibility index (Phi) is 6.34. The van der Waals surface area contributed by atoms with E-state index in [1.54, 1.807) is 24.3 Å². The van der Waals surface area contributed by atoms with E-state index in [0.717, 1.165) is 0 Å². The fraction of sp³-hybridized carbons (Fsp3) is 0.100. The molecule has 3 aromatic carbocycles. The number of hydrogen-bond acceptors (Lipinski definition) is 4. The van der Waals surface area contributed by atoms with E-state index in [1.807, 2.05) is 0 Å². The van der Waals surface area contributed by atoms with Crippen molar-refractivity contribution >= 4 is 23.8 Å². The van der Waals surface area contributed by atoms with E-state index in [0.29, 0.717) is 22.9 Å². The van der Waals surface area contributed by atoms with E-state index in [1.165, 1.54) is 38.5 Å². The van der Waals surface area contributed by atoms with Gasteiger partial charge < -0.3 is 19.9 Å². The highest BCUT2D eigenvalue weighted by Gasteiger charge is 2.34. The van der Waals surface area contributed by atoms with Gasteiger partial charge in [-0.1, -0.05) is 0 Å². The molecule has 0 aromatic heterocycles. The van der Waals surface area contributed by atoms with Crippen LogP contribution in [-0.4, -0.2) is 21.2 Å². The fourth-order valence-corrected chi connectivity index (χ4v) is 2.76. The molecule has 10 heteroatoms. The van der Waals surface area contributed by atoms with Crippen molar-refractivity contribution in [1.29, 1.82) is 0 Å². The summed E-state index contributed by atoms with van der Waals surface area (Å²) in [5.74, 6) is -9.09. The minimum absolute atomic E-state index is 0.353. The summed E-state index contributed by atoms with van der Waals surface area (Å²) in [6, 6.07) is 12.4. The highest BCUT2D eigenvalue weighted by Crippen LogP contribution is 2.21. The number of nitrogens with one attached hydrogen (secondary N) is 2. The zero-order valence-electron chi connectivity index (χ0n) is 15.9. The largest absolute Gasteiger partial charge is 0.497 e. The standard InChI is InChI=1S/C20H16BF5N2O2/c1-29-13-7-3-11(4-8-13)27-21(28-12-5-9-14(30-2)10-6-12)15-16(22)18(24)20(26)19(25)17(15)23/h3-10,27-28H,1-2H3. The van der Waals surface area contributed by atoms with Crippen LogP contribution < -0.4 is 25.4 Å². The van der Waals surface area contributed by atoms with Crippen LogP contribution in [0.3, 0.4) is 0 Å². The number of halogens is 5. The Morgan fingerprint density at radius 1 is 0.567 bits per heavy atom. The fourth-order valence-electron chi connectivity index (χ4n) is 2.76. The third kappa shape index (κ3) is 4.27. The summed E-state index contributed by atoms with van der Waals surface area (Å²) in [6.07, 6.45) is 0. The third-order valence-electron chi connectivity index (χ3n) is 4.33. The second kappa shape index (κ2) is 8.94. The van der Waals surface area contributed by atoms with Crippen LogP contribution in [0.15, 0.2) is 48.5 Å². The Bertz CT molecular complexity index is 954. The van der Waals surface area contributed by atoms with E-state index in [2.05, 4.69) is 10.5 Å². The van der Waals surface area contributed by atoms with Gasteiger partial charge in [0.2, 0.25) is 0 Å². The summed E-state index contributed by atoms with van der Waals surface area (Å²) < 4.78 is 80.1. The molecule has 0 heterocycles. The predicted molar refractivity (Wildman–Crippen MR) is 105 cm³/mol. The Balaban J connectivity index is 2.04. The summed E-state index contributed by atoms with van der Waals surface area (Å²) in [5.41, 5.74) is -0.338. The first-order valence-electron chi connectivity index (χ1n) is 8.68. The van der Waals surface area contributed by atoms with Gasteiger partial charge >= 0.3 is 6.98 Å². The maximum Gasteiger partial charge on any atom is 0.412 e. The van der Waals surface area contributed by atoms with Crippen molar-refractivity contribution in [2.75, 3.05) is 24.7 Å². The van der Waals surface area contributed by atoms with Crippen molar-refractivity contribution in [2.24, 2.45) is 0 Å². The normalized spacial score (nSPS) is 10.5. The quantitative estimate of drug-likeness (QED) is 0.258. The number of hydrogen-bond donors (Lipinski definition) is 2. The van der Waals surface area contributed by atoms with E-state index in [4.69, 9.17) is 9.47 Å². The first-order chi connectivity index (χ1) is 14.3. The van der Waals surface area contributed by atoms with E-state index < -0.39 is 41.5 Å². The molecule has 3 rings (SSSR count). The van der Waals surface area contributed by atoms with Gasteiger partial charge in [-0.15, -0.1) is 0 Å². The monoisotopic (exact) mass is 422 g/mol. The van der Waals surface area contributed by atoms with E-state index in [9.17, 15) is 22.0 Å². The van der Waals surface area contributed by atoms with Crippen molar-refractivity contribution in [3.8, 4) is 11.5 Å². The van der Waals surface area contributed by atoms with E-state index >= 15 is 0 Å². The predicted octanol–water partition coefficient (Wildman–Crippen LogP) is 4.32. The van der Waals surface area contributed by atoms with Crippen molar-refractivity contribution < 1.29 is 31.4 Å². The van der Waals surface area contributed by atoms with Gasteiger partial charge in [-0.05, 0) is 48.5 Å². The van der Waals surface area contributed by atoms with Crippen LogP contribution in [0.2, 0.25) is 0 Å². The van der Waals surface area contributed by atoms with Gasteiger partial charge in [0.15, 0.2) is 29.1 Å². The Labute approximate surface area is 169 Å². The van der Waals surface area contributed by atoms with Gasteiger partial charge in [-0.3, -0.25) is 0 Å². The second-order valence-corrected chi connectivity index (χ2v) is 6.16. The van der Waals surface area contributed by atoms with Crippen LogP contribution in [0, 0.1) is 29.1 Å². The second-order valence-electron chi connectivity index (χ2n) is 6.16. The molecule has 0 bridgehead atoms. The number of benzene rings is 3. The molecule has 0 spiro atoms. The molecule has 30 heavy (non-hydrogen) atoms. The maximum absolute atomic E-state index is 14.5. The molecular formula is C20H16BF5N2O2. The summed E-state index contributed by atoms with van der Waals surface area (Å²) in [6.45, 7) is -1.49. The molecule has 0 aliphatic rings. The lowest BCUT2D eigenvalue weighted by Gasteiger charge is -2.21. The van der Waals surface area contributed by atoms with Crippen LogP contribution in [-0.2, 0) is 0 Å². The Hall–Kier alpha value is -3.43. The average Bonchev–Trinajstić information content (AvgIpc) is 2.77. The molecule has 4 nitrogen and oxygen atoms in total. The first-order valence-corrected chi connectivity index (χ1v) is 8.68. The van der Waals surface area contributed by atoms with Crippen LogP contribution in [0.25, 0.3) is 0 Å². The minimum Gasteiger partial charge on any atom is -0.497 e. The van der Waals surface area contributed by atoms with Crippen LogP contribution in [0.5, 0.6) is 11.5 Å². The van der Waals surface area contributed by atoms with Gasteiger partial charge in [0.25, 0.3) is 0 Å². The summed E-state index contributed by atoms with van der Waals surface area (Å²) >= 11 is 0. The van der Waals surface area contributed by atoms with Crippen LogP contribution >= 0.6 is 0 Å². The molecule has 0 atom stereocenters. The summed E-state index contributed by atoms with van der Waals surface area (Å²) in [7, 11) is 2.93. The van der Waals surface area contributed by atoms with Gasteiger partial charge in [0.05, 0.1) is 14.2 Å². The molecule has 0 aliphatic heterocycles. The van der Waals surface area contributed by atoms with Crippen LogP contribution in [0.4, 0.5) is 33.3 Å². The first kappa shape index (κ1) is 21.3. The van der Waals surface area contributed by atoms with Crippen molar-refractivity contribution in [3.63, 3.8) is 0 Å². The lowest BCUT2D eigenvalue weighted by molar-refractivity contribution is 0.384. The van der Waals surface area contributed by atoms with E-state index in [-0.39, 0.29) is 0 Å². The molecule has 0 radical (unpaired) electrons. The molecule has 0 fully saturated rings. The van der Waals surface area contributed by atoms with Crippen molar-refractivity contribution in [1.82, 2.24) is 0 Å². The highest BCUT2D eigenvalue weighted by molar-refractivity contribution is 6.79. The summed E-state index contributed by atoms with van der Waals surface area (Å²) in [4.78, 5) is 0. The topological polar surface area (TPSA) is 42.5 Å². The van der Waals surface area contributed by atoms with Crippen molar-refractivity contribution in [3.05, 3.63) is 77.6 Å². The molecule has 0 saturated heterocycles. The van der Waals surface area contributed by atoms with Gasteiger partial charge in [0.1, 0.15) is 11.5 Å². The Morgan fingerprint density at radius 3 is 1.23 bits per heavy atom. The lowest BCUT2D eigenvalue weighted by Crippen LogP contribution is -2.50. The molecule has 0 aliphatic carbocycles. The zero-order valence-corrected chi connectivity index (χ0v) is 15.9. The van der Waals surface area contributed by atoms with Gasteiger partial charge in [-0.25, -0.2) is 22.0 Å². The maximum atomic E-state index is 14.5. The molecule has 156 valence electrons. The Morgan fingerprint density at radius 2 is 0.900 bits per heavy atom. The minimum atomic E-state index is -2.22. The number of anilines is 2. The average molecular weight is 422 g/mol. The molecule has 2 N–H and O–H groups in total. The zero-order chi connectivity index (χ0) is 21.8. The smallest absolute Gasteiger partial charge is 0.412 e. The number of methoxy groups -OCH3 is 2. The van der Waals surface area contributed by atoms with Gasteiger partial charge in [-0.2, -0.15) is 0 Å². The molecule has 0 amide bonds. The molecule has 0 saturated carbocycles. The highest BCUT2D eigenvalue weighted by atomic mass is 19.2. The SMILES string of the molecule is COc1ccc(NB(Nc2ccc(OC)cc2)c2c(F)c(F)c(F)c(F)c2F)cc1. The molecular weight excluding hydrogens is 406 g/mol. The molecule has 3 aromatic rings. The summed E-state index contributed by atoms with van der Waals surface area (Å²) in [5, 5.41) is 5.49. The molecule has 0 unspecified atom stereocenters. The number of ether oxygens (including phenoxy) is 2. The van der Waals surface area contributed by atoms with Crippen molar-refractivity contribution in [2.45, 2.75) is 0 Å². The van der Waals surface area contributed by atoms with Crippen LogP contribution in [0.1, 0.15) is 0 Å².